The van der Waals surface area contributed by atoms with E-state index in [0.717, 1.165) is 30.4 Å². The van der Waals surface area contributed by atoms with Crippen LogP contribution in [0.3, 0.4) is 0 Å². The summed E-state index contributed by atoms with van der Waals surface area (Å²) in [6.07, 6.45) is 1.82. The van der Waals surface area contributed by atoms with E-state index in [-0.39, 0.29) is 17.9 Å². The third-order valence-corrected chi connectivity index (χ3v) is 3.85. The largest absolute Gasteiger partial charge is 0.383 e. The molecule has 0 unspecified atom stereocenters. The van der Waals surface area contributed by atoms with Crippen molar-refractivity contribution in [2.45, 2.75) is 38.3 Å². The SMILES string of the molecule is C=C1CCC[C@H]1[C@H](O)C(=O)N[C@H](C)c1ccccc1. The van der Waals surface area contributed by atoms with Crippen molar-refractivity contribution in [2.75, 3.05) is 0 Å². The van der Waals surface area contributed by atoms with Crippen molar-refractivity contribution in [2.24, 2.45) is 5.92 Å². The minimum atomic E-state index is -0.971. The molecule has 102 valence electrons. The van der Waals surface area contributed by atoms with Gasteiger partial charge in [-0.05, 0) is 31.7 Å². The second-order valence-electron chi connectivity index (χ2n) is 5.24. The van der Waals surface area contributed by atoms with Crippen molar-refractivity contribution < 1.29 is 9.90 Å². The zero-order valence-electron chi connectivity index (χ0n) is 11.3. The Kier molecular flexibility index (Phi) is 4.38. The lowest BCUT2D eigenvalue weighted by Gasteiger charge is -2.21. The Morgan fingerprint density at radius 2 is 2.11 bits per heavy atom. The highest BCUT2D eigenvalue weighted by Gasteiger charge is 2.31. The smallest absolute Gasteiger partial charge is 0.249 e. The van der Waals surface area contributed by atoms with Crippen LogP contribution in [-0.4, -0.2) is 17.1 Å². The Bertz CT molecular complexity index is 455. The van der Waals surface area contributed by atoms with E-state index in [2.05, 4.69) is 11.9 Å². The first-order valence-corrected chi connectivity index (χ1v) is 6.80. The Labute approximate surface area is 114 Å². The molecule has 1 aliphatic carbocycles. The van der Waals surface area contributed by atoms with Crippen LogP contribution in [0.1, 0.15) is 37.8 Å². The van der Waals surface area contributed by atoms with Gasteiger partial charge in [0.15, 0.2) is 0 Å². The number of rotatable bonds is 4. The van der Waals surface area contributed by atoms with Gasteiger partial charge in [0.2, 0.25) is 5.91 Å². The van der Waals surface area contributed by atoms with E-state index in [1.807, 2.05) is 37.3 Å². The van der Waals surface area contributed by atoms with Gasteiger partial charge >= 0.3 is 0 Å². The van der Waals surface area contributed by atoms with Gasteiger partial charge in [0.1, 0.15) is 6.10 Å². The number of amides is 1. The second kappa shape index (κ2) is 6.02. The molecule has 0 aromatic heterocycles. The van der Waals surface area contributed by atoms with E-state index in [4.69, 9.17) is 0 Å². The molecule has 1 aliphatic rings. The quantitative estimate of drug-likeness (QED) is 0.816. The van der Waals surface area contributed by atoms with Gasteiger partial charge in [-0.15, -0.1) is 0 Å². The summed E-state index contributed by atoms with van der Waals surface area (Å²) in [6.45, 7) is 5.86. The molecule has 1 saturated carbocycles. The number of hydrogen-bond acceptors (Lipinski definition) is 2. The van der Waals surface area contributed by atoms with E-state index >= 15 is 0 Å². The van der Waals surface area contributed by atoms with Crippen molar-refractivity contribution in [3.63, 3.8) is 0 Å². The molecule has 0 saturated heterocycles. The van der Waals surface area contributed by atoms with Gasteiger partial charge in [-0.1, -0.05) is 42.5 Å². The third kappa shape index (κ3) is 3.24. The van der Waals surface area contributed by atoms with Crippen molar-refractivity contribution >= 4 is 5.91 Å². The first-order chi connectivity index (χ1) is 9.09. The molecule has 1 fully saturated rings. The maximum Gasteiger partial charge on any atom is 0.249 e. The Hall–Kier alpha value is -1.61. The van der Waals surface area contributed by atoms with Crippen LogP contribution < -0.4 is 5.32 Å². The molecule has 0 radical (unpaired) electrons. The summed E-state index contributed by atoms with van der Waals surface area (Å²) in [5, 5.41) is 13.0. The minimum absolute atomic E-state index is 0.0806. The van der Waals surface area contributed by atoms with E-state index in [9.17, 15) is 9.90 Å². The summed E-state index contributed by atoms with van der Waals surface area (Å²) in [4.78, 5) is 12.1. The topological polar surface area (TPSA) is 49.3 Å². The summed E-state index contributed by atoms with van der Waals surface area (Å²) in [6, 6.07) is 9.64. The first-order valence-electron chi connectivity index (χ1n) is 6.80. The number of benzene rings is 1. The Balaban J connectivity index is 1.95. The van der Waals surface area contributed by atoms with Gasteiger partial charge in [0, 0.05) is 5.92 Å². The van der Waals surface area contributed by atoms with Gasteiger partial charge < -0.3 is 10.4 Å². The lowest BCUT2D eigenvalue weighted by Crippen LogP contribution is -2.40. The van der Waals surface area contributed by atoms with E-state index < -0.39 is 6.10 Å². The van der Waals surface area contributed by atoms with Crippen LogP contribution in [-0.2, 0) is 4.79 Å². The van der Waals surface area contributed by atoms with Crippen LogP contribution in [0.15, 0.2) is 42.5 Å². The molecule has 3 atom stereocenters. The van der Waals surface area contributed by atoms with Crippen molar-refractivity contribution in [1.29, 1.82) is 0 Å². The minimum Gasteiger partial charge on any atom is -0.383 e. The molecule has 1 aromatic carbocycles. The van der Waals surface area contributed by atoms with Gasteiger partial charge in [0.25, 0.3) is 0 Å². The molecular formula is C16H21NO2. The molecule has 0 heterocycles. The summed E-state index contributed by atoms with van der Waals surface area (Å²) in [5.74, 6) is -0.382. The fraction of sp³-hybridized carbons (Fsp3) is 0.438. The molecular weight excluding hydrogens is 238 g/mol. The van der Waals surface area contributed by atoms with Crippen molar-refractivity contribution in [3.8, 4) is 0 Å². The van der Waals surface area contributed by atoms with Crippen molar-refractivity contribution in [3.05, 3.63) is 48.0 Å². The maximum absolute atomic E-state index is 12.1. The highest BCUT2D eigenvalue weighted by Crippen LogP contribution is 2.32. The van der Waals surface area contributed by atoms with Crippen LogP contribution in [0.5, 0.6) is 0 Å². The van der Waals surface area contributed by atoms with Gasteiger partial charge in [-0.25, -0.2) is 0 Å². The summed E-state index contributed by atoms with van der Waals surface area (Å²) >= 11 is 0. The van der Waals surface area contributed by atoms with Crippen LogP contribution >= 0.6 is 0 Å². The van der Waals surface area contributed by atoms with Crippen LogP contribution in [0, 0.1) is 5.92 Å². The maximum atomic E-state index is 12.1. The zero-order chi connectivity index (χ0) is 13.8. The Morgan fingerprint density at radius 3 is 2.68 bits per heavy atom. The predicted octanol–water partition coefficient (Wildman–Crippen LogP) is 2.58. The van der Waals surface area contributed by atoms with E-state index in [1.165, 1.54) is 0 Å². The molecule has 1 aromatic rings. The van der Waals surface area contributed by atoms with Crippen LogP contribution in [0.4, 0.5) is 0 Å². The predicted molar refractivity (Wildman–Crippen MR) is 75.5 cm³/mol. The summed E-state index contributed by atoms with van der Waals surface area (Å²) in [7, 11) is 0. The highest BCUT2D eigenvalue weighted by atomic mass is 16.3. The van der Waals surface area contributed by atoms with Gasteiger partial charge in [-0.2, -0.15) is 0 Å². The zero-order valence-corrected chi connectivity index (χ0v) is 11.3. The molecule has 3 nitrogen and oxygen atoms in total. The number of aliphatic hydroxyl groups is 1. The lowest BCUT2D eigenvalue weighted by molar-refractivity contribution is -0.131. The summed E-state index contributed by atoms with van der Waals surface area (Å²) < 4.78 is 0. The summed E-state index contributed by atoms with van der Waals surface area (Å²) in [5.41, 5.74) is 2.03. The Morgan fingerprint density at radius 1 is 1.42 bits per heavy atom. The van der Waals surface area contributed by atoms with Gasteiger partial charge in [0.05, 0.1) is 6.04 Å². The molecule has 19 heavy (non-hydrogen) atoms. The average Bonchev–Trinajstić information content (AvgIpc) is 2.85. The number of aliphatic hydroxyl groups excluding tert-OH is 1. The normalized spacial score (nSPS) is 22.0. The average molecular weight is 259 g/mol. The van der Waals surface area contributed by atoms with Crippen LogP contribution in [0.25, 0.3) is 0 Å². The van der Waals surface area contributed by atoms with E-state index in [1.54, 1.807) is 0 Å². The first kappa shape index (κ1) is 13.8. The van der Waals surface area contributed by atoms with Gasteiger partial charge in [-0.3, -0.25) is 4.79 Å². The fourth-order valence-corrected chi connectivity index (χ4v) is 2.63. The fourth-order valence-electron chi connectivity index (χ4n) is 2.63. The standard InChI is InChI=1S/C16H21NO2/c1-11-7-6-10-14(11)15(18)16(19)17-12(2)13-8-4-3-5-9-13/h3-5,8-9,12,14-15,18H,1,6-7,10H2,2H3,(H,17,19)/t12-,14-,15+/m1/s1. The molecule has 1 amide bonds. The third-order valence-electron chi connectivity index (χ3n) is 3.85. The molecule has 3 heteroatoms. The molecule has 0 spiro atoms. The molecule has 0 bridgehead atoms. The number of nitrogens with one attached hydrogen (secondary N) is 1. The van der Waals surface area contributed by atoms with Crippen LogP contribution in [0.2, 0.25) is 0 Å². The van der Waals surface area contributed by atoms with E-state index in [0.29, 0.717) is 0 Å². The molecule has 0 aliphatic heterocycles. The number of hydrogen-bond donors (Lipinski definition) is 2. The molecule has 2 N–H and O–H groups in total. The molecule has 2 rings (SSSR count). The second-order valence-corrected chi connectivity index (χ2v) is 5.24. The highest BCUT2D eigenvalue weighted by molar-refractivity contribution is 5.81. The number of carbonyl (C=O) groups excluding carboxylic acids is 1. The van der Waals surface area contributed by atoms with Crippen molar-refractivity contribution in [1.82, 2.24) is 5.32 Å². The lowest BCUT2D eigenvalue weighted by atomic mass is 9.96. The number of carbonyl (C=O) groups is 1. The monoisotopic (exact) mass is 259 g/mol.